The van der Waals surface area contributed by atoms with Gasteiger partial charge in [0.2, 0.25) is 0 Å². The Labute approximate surface area is 115 Å². The highest BCUT2D eigenvalue weighted by Crippen LogP contribution is 2.17. The van der Waals surface area contributed by atoms with Gasteiger partial charge in [-0.1, -0.05) is 11.3 Å². The highest BCUT2D eigenvalue weighted by molar-refractivity contribution is 6.04. The summed E-state index contributed by atoms with van der Waals surface area (Å²) < 4.78 is 14.9. The quantitative estimate of drug-likeness (QED) is 0.901. The lowest BCUT2D eigenvalue weighted by Crippen LogP contribution is -2.43. The summed E-state index contributed by atoms with van der Waals surface area (Å²) in [7, 11) is 1.58. The molecule has 0 unspecified atom stereocenters. The lowest BCUT2D eigenvalue weighted by atomic mass is 10.2. The summed E-state index contributed by atoms with van der Waals surface area (Å²) in [5.74, 6) is -0.694. The minimum Gasteiger partial charge on any atom is -0.312 e. The van der Waals surface area contributed by atoms with Crippen molar-refractivity contribution < 1.29 is 9.18 Å². The molecule has 6 nitrogen and oxygen atoms in total. The van der Waals surface area contributed by atoms with E-state index in [1.54, 1.807) is 30.1 Å². The van der Waals surface area contributed by atoms with Crippen LogP contribution in [0.4, 0.5) is 10.1 Å². The first-order valence-electron chi connectivity index (χ1n) is 6.31. The molecule has 0 saturated carbocycles. The molecule has 0 spiro atoms. The fraction of sp³-hybridized carbons (Fsp3) is 0.308. The number of aromatic nitrogens is 3. The molecule has 0 bridgehead atoms. The van der Waals surface area contributed by atoms with Crippen molar-refractivity contribution in [3.63, 3.8) is 0 Å². The maximum Gasteiger partial charge on any atom is 0.280 e. The van der Waals surface area contributed by atoms with Crippen LogP contribution in [0, 0.1) is 5.82 Å². The van der Waals surface area contributed by atoms with E-state index in [1.165, 1.54) is 17.0 Å². The van der Waals surface area contributed by atoms with Gasteiger partial charge >= 0.3 is 0 Å². The van der Waals surface area contributed by atoms with Gasteiger partial charge in [0.15, 0.2) is 5.69 Å². The number of amides is 1. The van der Waals surface area contributed by atoms with E-state index < -0.39 is 0 Å². The number of hydrogen-bond acceptors (Lipinski definition) is 4. The molecule has 1 aliphatic heterocycles. The van der Waals surface area contributed by atoms with Gasteiger partial charge in [0.05, 0.1) is 12.2 Å². The monoisotopic (exact) mass is 275 g/mol. The maximum absolute atomic E-state index is 13.2. The van der Waals surface area contributed by atoms with Crippen LogP contribution >= 0.6 is 0 Å². The van der Waals surface area contributed by atoms with Crippen molar-refractivity contribution in [2.45, 2.75) is 6.04 Å². The van der Waals surface area contributed by atoms with Crippen LogP contribution < -0.4 is 10.2 Å². The Morgan fingerprint density at radius 2 is 2.30 bits per heavy atom. The van der Waals surface area contributed by atoms with E-state index in [9.17, 15) is 9.18 Å². The van der Waals surface area contributed by atoms with E-state index in [0.717, 1.165) is 13.1 Å². The van der Waals surface area contributed by atoms with Crippen molar-refractivity contribution in [3.05, 3.63) is 42.0 Å². The van der Waals surface area contributed by atoms with Crippen molar-refractivity contribution in [2.75, 3.05) is 25.0 Å². The molecule has 0 aliphatic carbocycles. The number of carbonyl (C=O) groups is 1. The molecular weight excluding hydrogens is 261 g/mol. The maximum atomic E-state index is 13.2. The van der Waals surface area contributed by atoms with Crippen molar-refractivity contribution in [1.29, 1.82) is 0 Å². The first-order valence-corrected chi connectivity index (χ1v) is 6.31. The topological polar surface area (TPSA) is 63.1 Å². The zero-order valence-corrected chi connectivity index (χ0v) is 11.0. The van der Waals surface area contributed by atoms with Gasteiger partial charge in [0.1, 0.15) is 5.82 Å². The Balaban J connectivity index is 1.79. The molecule has 7 heteroatoms. The SMILES string of the molecule is CN(C(=O)c1cn(C2CNC2)nn1)c1cccc(F)c1. The summed E-state index contributed by atoms with van der Waals surface area (Å²) in [4.78, 5) is 13.6. The number of benzene rings is 1. The fourth-order valence-corrected chi connectivity index (χ4v) is 1.99. The first-order chi connectivity index (χ1) is 9.65. The van der Waals surface area contributed by atoms with Crippen LogP contribution in [0.1, 0.15) is 16.5 Å². The van der Waals surface area contributed by atoms with E-state index in [0.29, 0.717) is 5.69 Å². The summed E-state index contributed by atoms with van der Waals surface area (Å²) in [6.45, 7) is 1.66. The Hall–Kier alpha value is -2.28. The van der Waals surface area contributed by atoms with Crippen molar-refractivity contribution >= 4 is 11.6 Å². The zero-order valence-electron chi connectivity index (χ0n) is 11.0. The van der Waals surface area contributed by atoms with Crippen LogP contribution in [0.15, 0.2) is 30.5 Å². The molecule has 104 valence electrons. The van der Waals surface area contributed by atoms with E-state index in [1.807, 2.05) is 0 Å². The zero-order chi connectivity index (χ0) is 14.1. The van der Waals surface area contributed by atoms with Gasteiger partial charge in [-0.2, -0.15) is 0 Å². The third-order valence-electron chi connectivity index (χ3n) is 3.36. The molecule has 2 heterocycles. The normalized spacial score (nSPS) is 14.9. The van der Waals surface area contributed by atoms with Gasteiger partial charge in [-0.3, -0.25) is 4.79 Å². The molecule has 1 saturated heterocycles. The number of rotatable bonds is 3. The molecule has 1 aromatic carbocycles. The third kappa shape index (κ3) is 2.27. The summed E-state index contributed by atoms with van der Waals surface area (Å²) in [6, 6.07) is 6.12. The minimum absolute atomic E-state index is 0.253. The van der Waals surface area contributed by atoms with E-state index in [-0.39, 0.29) is 23.5 Å². The number of carbonyl (C=O) groups excluding carboxylic acids is 1. The molecular formula is C13H14FN5O. The molecule has 0 atom stereocenters. The molecule has 20 heavy (non-hydrogen) atoms. The van der Waals surface area contributed by atoms with Crippen LogP contribution in [-0.4, -0.2) is 41.0 Å². The van der Waals surface area contributed by atoms with E-state index in [4.69, 9.17) is 0 Å². The molecule has 2 aromatic rings. The lowest BCUT2D eigenvalue weighted by molar-refractivity contribution is 0.0988. The van der Waals surface area contributed by atoms with Crippen LogP contribution in [0.2, 0.25) is 0 Å². The average molecular weight is 275 g/mol. The predicted octanol–water partition coefficient (Wildman–Crippen LogP) is 0.838. The smallest absolute Gasteiger partial charge is 0.280 e. The number of halogens is 1. The molecule has 1 N–H and O–H groups in total. The Morgan fingerprint density at radius 3 is 2.95 bits per heavy atom. The molecule has 1 aromatic heterocycles. The summed E-state index contributed by atoms with van der Waals surface area (Å²) >= 11 is 0. The predicted molar refractivity (Wildman–Crippen MR) is 71.1 cm³/mol. The highest BCUT2D eigenvalue weighted by Gasteiger charge is 2.23. The van der Waals surface area contributed by atoms with Crippen LogP contribution in [0.25, 0.3) is 0 Å². The second-order valence-electron chi connectivity index (χ2n) is 4.74. The Kier molecular flexibility index (Phi) is 3.19. The highest BCUT2D eigenvalue weighted by atomic mass is 19.1. The largest absolute Gasteiger partial charge is 0.312 e. The van der Waals surface area contributed by atoms with E-state index in [2.05, 4.69) is 15.6 Å². The minimum atomic E-state index is -0.383. The fourth-order valence-electron chi connectivity index (χ4n) is 1.99. The Bertz CT molecular complexity index is 637. The first kappa shape index (κ1) is 12.7. The summed E-state index contributed by atoms with van der Waals surface area (Å²) in [5, 5.41) is 11.0. The third-order valence-corrected chi connectivity index (χ3v) is 3.36. The van der Waals surface area contributed by atoms with Gasteiger partial charge in [-0.05, 0) is 18.2 Å². The van der Waals surface area contributed by atoms with Crippen molar-refractivity contribution in [2.24, 2.45) is 0 Å². The number of nitrogens with zero attached hydrogens (tertiary/aromatic N) is 4. The van der Waals surface area contributed by atoms with Gasteiger partial charge < -0.3 is 10.2 Å². The Morgan fingerprint density at radius 1 is 1.50 bits per heavy atom. The number of anilines is 1. The number of nitrogens with one attached hydrogen (secondary N) is 1. The molecule has 1 fully saturated rings. The summed E-state index contributed by atoms with van der Waals surface area (Å²) in [5.41, 5.74) is 0.735. The summed E-state index contributed by atoms with van der Waals surface area (Å²) in [6.07, 6.45) is 1.63. The van der Waals surface area contributed by atoms with Crippen molar-refractivity contribution in [1.82, 2.24) is 20.3 Å². The van der Waals surface area contributed by atoms with Gasteiger partial charge in [-0.15, -0.1) is 5.10 Å². The average Bonchev–Trinajstić information content (AvgIpc) is 2.84. The standard InChI is InChI=1S/C13H14FN5O/c1-18(10-4-2-3-9(14)5-10)13(20)12-8-19(17-16-12)11-6-15-7-11/h2-5,8,11,15H,6-7H2,1H3. The van der Waals surface area contributed by atoms with Gasteiger partial charge in [-0.25, -0.2) is 9.07 Å². The van der Waals surface area contributed by atoms with Gasteiger partial charge in [0.25, 0.3) is 5.91 Å². The van der Waals surface area contributed by atoms with Crippen LogP contribution in [-0.2, 0) is 0 Å². The number of hydrogen-bond donors (Lipinski definition) is 1. The van der Waals surface area contributed by atoms with Crippen LogP contribution in [0.5, 0.6) is 0 Å². The lowest BCUT2D eigenvalue weighted by Gasteiger charge is -2.26. The molecule has 0 radical (unpaired) electrons. The van der Waals surface area contributed by atoms with E-state index >= 15 is 0 Å². The molecule has 1 amide bonds. The molecule has 1 aliphatic rings. The van der Waals surface area contributed by atoms with Crippen LogP contribution in [0.3, 0.4) is 0 Å². The van der Waals surface area contributed by atoms with Gasteiger partial charge in [0, 0.05) is 25.8 Å². The molecule has 3 rings (SSSR count). The second kappa shape index (κ2) is 5.01. The van der Waals surface area contributed by atoms with Crippen molar-refractivity contribution in [3.8, 4) is 0 Å². The second-order valence-corrected chi connectivity index (χ2v) is 4.74.